The standard InChI is InChI=1S/C31H39NO11/c1-20(33)32-28-30(41-23(4)36)29(40-22(3)35)27(19-39-21(2)34)43-31(28)42-26(17-37-15-24-11-7-5-8-12-24)18-38-16-25-13-9-6-10-14-25/h5-14,26-31H,15-19H2,1-4H3,(H,32,33)/t27?,28?,29-,30?,31-/m1/s1. The van der Waals surface area contributed by atoms with Gasteiger partial charge in [0.25, 0.3) is 0 Å². The summed E-state index contributed by atoms with van der Waals surface area (Å²) in [5.41, 5.74) is 1.91. The average molecular weight is 602 g/mol. The maximum atomic E-state index is 12.3. The number of benzene rings is 2. The zero-order valence-electron chi connectivity index (χ0n) is 24.8. The highest BCUT2D eigenvalue weighted by molar-refractivity contribution is 5.73. The van der Waals surface area contributed by atoms with Crippen LogP contribution in [0.15, 0.2) is 60.7 Å². The normalized spacial score (nSPS) is 21.6. The molecule has 1 aliphatic rings. The van der Waals surface area contributed by atoms with Crippen molar-refractivity contribution in [2.75, 3.05) is 19.8 Å². The molecule has 0 spiro atoms. The van der Waals surface area contributed by atoms with E-state index in [4.69, 9.17) is 33.2 Å². The van der Waals surface area contributed by atoms with Crippen molar-refractivity contribution in [1.29, 1.82) is 0 Å². The van der Waals surface area contributed by atoms with Gasteiger partial charge in [-0.3, -0.25) is 19.2 Å². The summed E-state index contributed by atoms with van der Waals surface area (Å²) in [5, 5.41) is 2.70. The lowest BCUT2D eigenvalue weighted by atomic mass is 9.96. The number of rotatable bonds is 15. The van der Waals surface area contributed by atoms with Crippen molar-refractivity contribution in [2.45, 2.75) is 77.7 Å². The Kier molecular flexibility index (Phi) is 13.6. The van der Waals surface area contributed by atoms with E-state index in [1.807, 2.05) is 60.7 Å². The summed E-state index contributed by atoms with van der Waals surface area (Å²) in [4.78, 5) is 48.0. The van der Waals surface area contributed by atoms with Gasteiger partial charge in [-0.05, 0) is 11.1 Å². The van der Waals surface area contributed by atoms with Crippen LogP contribution in [0.25, 0.3) is 0 Å². The molecule has 5 atom stereocenters. The molecule has 0 saturated carbocycles. The van der Waals surface area contributed by atoms with E-state index in [9.17, 15) is 19.2 Å². The average Bonchev–Trinajstić information content (AvgIpc) is 2.95. The van der Waals surface area contributed by atoms with Crippen LogP contribution in [0.1, 0.15) is 38.8 Å². The van der Waals surface area contributed by atoms with Gasteiger partial charge in [0, 0.05) is 27.7 Å². The van der Waals surface area contributed by atoms with Gasteiger partial charge in [0.2, 0.25) is 5.91 Å². The molecule has 234 valence electrons. The molecule has 2 aromatic rings. The van der Waals surface area contributed by atoms with Crippen LogP contribution in [0.3, 0.4) is 0 Å². The predicted molar refractivity (Wildman–Crippen MR) is 151 cm³/mol. The number of nitrogens with one attached hydrogen (secondary N) is 1. The van der Waals surface area contributed by atoms with Crippen molar-refractivity contribution in [3.8, 4) is 0 Å². The van der Waals surface area contributed by atoms with Gasteiger partial charge in [-0.25, -0.2) is 0 Å². The third-order valence-corrected chi connectivity index (χ3v) is 6.23. The highest BCUT2D eigenvalue weighted by Gasteiger charge is 2.51. The monoisotopic (exact) mass is 601 g/mol. The van der Waals surface area contributed by atoms with E-state index in [2.05, 4.69) is 5.32 Å². The molecule has 3 unspecified atom stereocenters. The molecule has 2 aromatic carbocycles. The molecule has 1 amide bonds. The van der Waals surface area contributed by atoms with Gasteiger partial charge in [-0.1, -0.05) is 60.7 Å². The fraction of sp³-hybridized carbons (Fsp3) is 0.484. The number of hydrogen-bond donors (Lipinski definition) is 1. The molecule has 43 heavy (non-hydrogen) atoms. The summed E-state index contributed by atoms with van der Waals surface area (Å²) >= 11 is 0. The minimum Gasteiger partial charge on any atom is -0.463 e. The van der Waals surface area contributed by atoms with Gasteiger partial charge in [0.1, 0.15) is 24.9 Å². The largest absolute Gasteiger partial charge is 0.463 e. The Morgan fingerprint density at radius 2 is 1.26 bits per heavy atom. The van der Waals surface area contributed by atoms with Gasteiger partial charge in [-0.15, -0.1) is 0 Å². The number of esters is 3. The molecule has 0 aromatic heterocycles. The fourth-order valence-electron chi connectivity index (χ4n) is 4.49. The topological polar surface area (TPSA) is 145 Å². The molecule has 1 N–H and O–H groups in total. The second kappa shape index (κ2) is 17.3. The molecule has 0 aliphatic carbocycles. The Balaban J connectivity index is 1.86. The van der Waals surface area contributed by atoms with E-state index in [-0.39, 0.29) is 19.8 Å². The smallest absolute Gasteiger partial charge is 0.303 e. The lowest BCUT2D eigenvalue weighted by Crippen LogP contribution is -2.67. The molecule has 3 rings (SSSR count). The molecule has 12 heteroatoms. The summed E-state index contributed by atoms with van der Waals surface area (Å²) in [6.07, 6.45) is -5.51. The van der Waals surface area contributed by atoms with Crippen LogP contribution >= 0.6 is 0 Å². The third kappa shape index (κ3) is 11.8. The van der Waals surface area contributed by atoms with Crippen molar-refractivity contribution in [3.05, 3.63) is 71.8 Å². The minimum atomic E-state index is -1.24. The highest BCUT2D eigenvalue weighted by atomic mass is 16.7. The Bertz CT molecular complexity index is 1130. The van der Waals surface area contributed by atoms with Crippen LogP contribution in [0.4, 0.5) is 0 Å². The zero-order chi connectivity index (χ0) is 31.2. The lowest BCUT2D eigenvalue weighted by molar-refractivity contribution is -0.294. The summed E-state index contributed by atoms with van der Waals surface area (Å²) < 4.78 is 40.5. The van der Waals surface area contributed by atoms with E-state index in [1.165, 1.54) is 27.7 Å². The predicted octanol–water partition coefficient (Wildman–Crippen LogP) is 2.46. The number of ether oxygens (including phenoxy) is 7. The molecule has 1 saturated heterocycles. The molecular formula is C31H39NO11. The van der Waals surface area contributed by atoms with Crippen molar-refractivity contribution in [1.82, 2.24) is 5.32 Å². The van der Waals surface area contributed by atoms with Gasteiger partial charge < -0.3 is 38.5 Å². The first-order valence-electron chi connectivity index (χ1n) is 13.9. The fourth-order valence-corrected chi connectivity index (χ4v) is 4.49. The van der Waals surface area contributed by atoms with Crippen LogP contribution in [0, 0.1) is 0 Å². The van der Waals surface area contributed by atoms with E-state index in [0.717, 1.165) is 11.1 Å². The Hall–Kier alpha value is -3.84. The summed E-state index contributed by atoms with van der Waals surface area (Å²) in [5.74, 6) is -2.46. The minimum absolute atomic E-state index is 0.0799. The van der Waals surface area contributed by atoms with Gasteiger partial charge >= 0.3 is 17.9 Å². The number of carbonyl (C=O) groups is 4. The van der Waals surface area contributed by atoms with Gasteiger partial charge in [0.05, 0.1) is 26.4 Å². The van der Waals surface area contributed by atoms with E-state index < -0.39 is 60.6 Å². The van der Waals surface area contributed by atoms with Gasteiger partial charge in [-0.2, -0.15) is 0 Å². The quantitative estimate of drug-likeness (QED) is 0.237. The molecular weight excluding hydrogens is 562 g/mol. The molecule has 1 fully saturated rings. The molecule has 1 aliphatic heterocycles. The molecule has 0 radical (unpaired) electrons. The van der Waals surface area contributed by atoms with Crippen molar-refractivity contribution >= 4 is 23.8 Å². The zero-order valence-corrected chi connectivity index (χ0v) is 24.8. The molecule has 12 nitrogen and oxygen atoms in total. The first kappa shape index (κ1) is 33.7. The first-order chi connectivity index (χ1) is 20.6. The molecule has 1 heterocycles. The number of carbonyl (C=O) groups excluding carboxylic acids is 4. The maximum Gasteiger partial charge on any atom is 0.303 e. The SMILES string of the molecule is CC(=O)NC1C(OC(C)=O)[C@H](OC(C)=O)C(COC(C)=O)O[C@H]1OC(COCc1ccccc1)COCc1ccccc1. The second-order valence-electron chi connectivity index (χ2n) is 9.98. The van der Waals surface area contributed by atoms with Gasteiger partial charge in [0.15, 0.2) is 18.5 Å². The Morgan fingerprint density at radius 1 is 0.744 bits per heavy atom. The summed E-state index contributed by atoms with van der Waals surface area (Å²) in [7, 11) is 0. The first-order valence-corrected chi connectivity index (χ1v) is 13.9. The summed E-state index contributed by atoms with van der Waals surface area (Å²) in [6.45, 7) is 5.28. The van der Waals surface area contributed by atoms with Crippen LogP contribution in [-0.4, -0.2) is 80.4 Å². The van der Waals surface area contributed by atoms with Crippen molar-refractivity contribution in [2.24, 2.45) is 0 Å². The van der Waals surface area contributed by atoms with Crippen molar-refractivity contribution in [3.63, 3.8) is 0 Å². The maximum absolute atomic E-state index is 12.3. The molecule has 0 bridgehead atoms. The van der Waals surface area contributed by atoms with Crippen LogP contribution in [-0.2, 0) is 65.5 Å². The number of amides is 1. The Morgan fingerprint density at radius 3 is 1.72 bits per heavy atom. The second-order valence-corrected chi connectivity index (χ2v) is 9.98. The summed E-state index contributed by atoms with van der Waals surface area (Å²) in [6, 6.07) is 18.0. The number of hydrogen-bond acceptors (Lipinski definition) is 11. The van der Waals surface area contributed by atoms with Crippen LogP contribution in [0.2, 0.25) is 0 Å². The van der Waals surface area contributed by atoms with Crippen LogP contribution < -0.4 is 5.32 Å². The van der Waals surface area contributed by atoms with Crippen LogP contribution in [0.5, 0.6) is 0 Å². The Labute approximate surface area is 250 Å². The van der Waals surface area contributed by atoms with E-state index >= 15 is 0 Å². The third-order valence-electron chi connectivity index (χ3n) is 6.23. The lowest BCUT2D eigenvalue weighted by Gasteiger charge is -2.45. The highest BCUT2D eigenvalue weighted by Crippen LogP contribution is 2.29. The van der Waals surface area contributed by atoms with Crippen molar-refractivity contribution < 1.29 is 52.3 Å². The van der Waals surface area contributed by atoms with E-state index in [1.54, 1.807) is 0 Å². The van der Waals surface area contributed by atoms with E-state index in [0.29, 0.717) is 13.2 Å².